The Hall–Kier alpha value is -2.37. The first-order chi connectivity index (χ1) is 11.7. The Morgan fingerprint density at radius 3 is 2.46 bits per heavy atom. The SMILES string of the molecule is O=C(OC[C@H](O)CO)c1ccc(NCCCc2ccccc2)cc1. The monoisotopic (exact) mass is 329 g/mol. The number of hydrogen-bond acceptors (Lipinski definition) is 5. The summed E-state index contributed by atoms with van der Waals surface area (Å²) < 4.78 is 4.90. The van der Waals surface area contributed by atoms with E-state index in [2.05, 4.69) is 17.4 Å². The van der Waals surface area contributed by atoms with Crippen LogP contribution >= 0.6 is 0 Å². The van der Waals surface area contributed by atoms with Crippen LogP contribution in [0.5, 0.6) is 0 Å². The Morgan fingerprint density at radius 1 is 1.08 bits per heavy atom. The second-order valence-electron chi connectivity index (χ2n) is 5.53. The lowest BCUT2D eigenvalue weighted by molar-refractivity contribution is 0.00933. The van der Waals surface area contributed by atoms with Crippen LogP contribution in [0, 0.1) is 0 Å². The predicted molar refractivity (Wildman–Crippen MR) is 93.1 cm³/mol. The van der Waals surface area contributed by atoms with Gasteiger partial charge in [0.1, 0.15) is 12.7 Å². The van der Waals surface area contributed by atoms with Crippen LogP contribution < -0.4 is 5.32 Å². The van der Waals surface area contributed by atoms with E-state index in [4.69, 9.17) is 14.9 Å². The molecule has 0 saturated carbocycles. The normalized spacial score (nSPS) is 11.8. The van der Waals surface area contributed by atoms with E-state index in [0.717, 1.165) is 25.1 Å². The predicted octanol–water partition coefficient (Wildman–Crippen LogP) is 2.24. The second kappa shape index (κ2) is 9.70. The van der Waals surface area contributed by atoms with Crippen LogP contribution in [0.15, 0.2) is 54.6 Å². The lowest BCUT2D eigenvalue weighted by Gasteiger charge is -2.10. The van der Waals surface area contributed by atoms with Crippen molar-refractivity contribution in [1.82, 2.24) is 0 Å². The molecule has 2 rings (SSSR count). The van der Waals surface area contributed by atoms with Gasteiger partial charge in [-0.15, -0.1) is 0 Å². The summed E-state index contributed by atoms with van der Waals surface area (Å²) in [7, 11) is 0. The number of carbonyl (C=O) groups excluding carboxylic acids is 1. The number of nitrogens with one attached hydrogen (secondary N) is 1. The number of hydrogen-bond donors (Lipinski definition) is 3. The van der Waals surface area contributed by atoms with Gasteiger partial charge < -0.3 is 20.3 Å². The van der Waals surface area contributed by atoms with Gasteiger partial charge in [0.05, 0.1) is 12.2 Å². The first kappa shape index (κ1) is 18.0. The number of aliphatic hydroxyl groups is 2. The van der Waals surface area contributed by atoms with Gasteiger partial charge in [-0.1, -0.05) is 30.3 Å². The highest BCUT2D eigenvalue weighted by atomic mass is 16.5. The van der Waals surface area contributed by atoms with E-state index in [1.165, 1.54) is 5.56 Å². The van der Waals surface area contributed by atoms with E-state index < -0.39 is 18.7 Å². The van der Waals surface area contributed by atoms with Gasteiger partial charge in [0.15, 0.2) is 0 Å². The van der Waals surface area contributed by atoms with Crippen LogP contribution in [-0.4, -0.2) is 42.0 Å². The molecule has 0 aliphatic rings. The van der Waals surface area contributed by atoms with Crippen molar-refractivity contribution in [1.29, 1.82) is 0 Å². The van der Waals surface area contributed by atoms with Crippen LogP contribution in [0.3, 0.4) is 0 Å². The van der Waals surface area contributed by atoms with Crippen molar-refractivity contribution in [2.24, 2.45) is 0 Å². The highest BCUT2D eigenvalue weighted by molar-refractivity contribution is 5.89. The van der Waals surface area contributed by atoms with Crippen molar-refractivity contribution in [3.63, 3.8) is 0 Å². The number of ether oxygens (including phenoxy) is 1. The number of anilines is 1. The fraction of sp³-hybridized carbons (Fsp3) is 0.316. The van der Waals surface area contributed by atoms with Crippen LogP contribution in [0.25, 0.3) is 0 Å². The Kier molecular flexibility index (Phi) is 7.26. The molecule has 5 nitrogen and oxygen atoms in total. The van der Waals surface area contributed by atoms with Crippen molar-refractivity contribution in [3.05, 3.63) is 65.7 Å². The van der Waals surface area contributed by atoms with Gasteiger partial charge in [-0.2, -0.15) is 0 Å². The standard InChI is InChI=1S/C19H23NO4/c21-13-18(22)14-24-19(23)16-8-10-17(11-9-16)20-12-4-7-15-5-2-1-3-6-15/h1-3,5-6,8-11,18,20-22H,4,7,12-14H2/t18-/m1/s1. The van der Waals surface area contributed by atoms with E-state index in [0.29, 0.717) is 5.56 Å². The molecular weight excluding hydrogens is 306 g/mol. The lowest BCUT2D eigenvalue weighted by Crippen LogP contribution is -2.21. The van der Waals surface area contributed by atoms with E-state index in [-0.39, 0.29) is 6.61 Å². The maximum atomic E-state index is 11.8. The van der Waals surface area contributed by atoms with Crippen LogP contribution in [-0.2, 0) is 11.2 Å². The molecule has 0 aliphatic heterocycles. The third-order valence-electron chi connectivity index (χ3n) is 3.55. The lowest BCUT2D eigenvalue weighted by atomic mass is 10.1. The van der Waals surface area contributed by atoms with Gasteiger partial charge in [0, 0.05) is 12.2 Å². The molecule has 0 radical (unpaired) electrons. The fourth-order valence-corrected chi connectivity index (χ4v) is 2.20. The van der Waals surface area contributed by atoms with Gasteiger partial charge in [0.25, 0.3) is 0 Å². The third-order valence-corrected chi connectivity index (χ3v) is 3.55. The molecule has 24 heavy (non-hydrogen) atoms. The van der Waals surface area contributed by atoms with Gasteiger partial charge in [-0.05, 0) is 42.7 Å². The molecular formula is C19H23NO4. The summed E-state index contributed by atoms with van der Waals surface area (Å²) in [4.78, 5) is 11.8. The zero-order valence-corrected chi connectivity index (χ0v) is 13.5. The molecule has 0 unspecified atom stereocenters. The second-order valence-corrected chi connectivity index (χ2v) is 5.53. The van der Waals surface area contributed by atoms with Gasteiger partial charge in [-0.3, -0.25) is 0 Å². The summed E-state index contributed by atoms with van der Waals surface area (Å²) >= 11 is 0. The molecule has 0 spiro atoms. The van der Waals surface area contributed by atoms with Crippen molar-refractivity contribution < 1.29 is 19.7 Å². The molecule has 0 saturated heterocycles. The molecule has 2 aromatic carbocycles. The van der Waals surface area contributed by atoms with Crippen LogP contribution in [0.1, 0.15) is 22.3 Å². The van der Waals surface area contributed by atoms with Crippen molar-refractivity contribution in [2.45, 2.75) is 18.9 Å². The minimum absolute atomic E-state index is 0.213. The zero-order valence-electron chi connectivity index (χ0n) is 13.5. The van der Waals surface area contributed by atoms with Crippen molar-refractivity contribution >= 4 is 11.7 Å². The molecule has 128 valence electrons. The molecule has 0 bridgehead atoms. The van der Waals surface area contributed by atoms with E-state index in [1.807, 2.05) is 30.3 Å². The summed E-state index contributed by atoms with van der Waals surface area (Å²) in [5, 5.41) is 21.2. The first-order valence-electron chi connectivity index (χ1n) is 8.03. The molecule has 0 aromatic heterocycles. The highest BCUT2D eigenvalue weighted by Gasteiger charge is 2.10. The zero-order chi connectivity index (χ0) is 17.2. The maximum absolute atomic E-state index is 11.8. The molecule has 0 fully saturated rings. The Bertz CT molecular complexity index is 613. The van der Waals surface area contributed by atoms with E-state index in [1.54, 1.807) is 12.1 Å². The Morgan fingerprint density at radius 2 is 1.79 bits per heavy atom. The van der Waals surface area contributed by atoms with Crippen LogP contribution in [0.2, 0.25) is 0 Å². The minimum atomic E-state index is -1.04. The molecule has 0 aliphatic carbocycles. The first-order valence-corrected chi connectivity index (χ1v) is 8.03. The van der Waals surface area contributed by atoms with Crippen molar-refractivity contribution in [2.75, 3.05) is 25.1 Å². The quantitative estimate of drug-likeness (QED) is 0.486. The maximum Gasteiger partial charge on any atom is 0.338 e. The average Bonchev–Trinajstić information content (AvgIpc) is 2.64. The third kappa shape index (κ3) is 6.02. The fourth-order valence-electron chi connectivity index (χ4n) is 2.20. The molecule has 5 heteroatoms. The van der Waals surface area contributed by atoms with Crippen molar-refractivity contribution in [3.8, 4) is 0 Å². The topological polar surface area (TPSA) is 78.8 Å². The molecule has 0 heterocycles. The van der Waals surface area contributed by atoms with Gasteiger partial charge in [0.2, 0.25) is 0 Å². The van der Waals surface area contributed by atoms with E-state index in [9.17, 15) is 4.79 Å². The highest BCUT2D eigenvalue weighted by Crippen LogP contribution is 2.11. The smallest absolute Gasteiger partial charge is 0.338 e. The van der Waals surface area contributed by atoms with Gasteiger partial charge >= 0.3 is 5.97 Å². The Labute approximate surface area is 141 Å². The summed E-state index contributed by atoms with van der Waals surface area (Å²) in [6, 6.07) is 17.3. The number of carbonyl (C=O) groups is 1. The summed E-state index contributed by atoms with van der Waals surface area (Å²) in [6.07, 6.45) is 0.998. The number of rotatable bonds is 9. The summed E-state index contributed by atoms with van der Waals surface area (Å²) in [6.45, 7) is 0.204. The molecule has 0 amide bonds. The largest absolute Gasteiger partial charge is 0.459 e. The number of esters is 1. The molecule has 2 aromatic rings. The summed E-state index contributed by atoms with van der Waals surface area (Å²) in [5.74, 6) is -0.516. The average molecular weight is 329 g/mol. The number of aryl methyl sites for hydroxylation is 1. The van der Waals surface area contributed by atoms with Crippen LogP contribution in [0.4, 0.5) is 5.69 Å². The molecule has 3 N–H and O–H groups in total. The minimum Gasteiger partial charge on any atom is -0.459 e. The number of benzene rings is 2. The Balaban J connectivity index is 1.72. The molecule has 1 atom stereocenters. The summed E-state index contributed by atoms with van der Waals surface area (Å²) in [5.41, 5.74) is 2.67. The van der Waals surface area contributed by atoms with E-state index >= 15 is 0 Å². The number of aliphatic hydroxyl groups excluding tert-OH is 2. The van der Waals surface area contributed by atoms with Gasteiger partial charge in [-0.25, -0.2) is 4.79 Å².